The number of hydrogen-bond donors (Lipinski definition) is 3. The topological polar surface area (TPSA) is 79.2 Å². The molecule has 2 aliphatic heterocycles. The van der Waals surface area contributed by atoms with Crippen molar-refractivity contribution in [2.75, 3.05) is 0 Å². The second kappa shape index (κ2) is 16.3. The Morgan fingerprint density at radius 1 is 0.810 bits per heavy atom. The summed E-state index contributed by atoms with van der Waals surface area (Å²) in [5.74, 6) is 0. The van der Waals surface area contributed by atoms with Crippen molar-refractivity contribution < 1.29 is 157 Å². The summed E-state index contributed by atoms with van der Waals surface area (Å²) in [5.41, 5.74) is 0. The summed E-state index contributed by atoms with van der Waals surface area (Å²) in [6.45, 7) is 5.96. The predicted molar refractivity (Wildman–Crippen MR) is 67.0 cm³/mol. The molecule has 0 aromatic rings. The molecule has 0 amide bonds. The summed E-state index contributed by atoms with van der Waals surface area (Å²) in [6, 6.07) is 0. The van der Waals surface area contributed by atoms with Crippen LogP contribution >= 0.6 is 0 Å². The summed E-state index contributed by atoms with van der Waals surface area (Å²) in [4.78, 5) is 0. The first-order valence-electron chi connectivity index (χ1n) is 6.83. The third-order valence-electron chi connectivity index (χ3n) is 3.53. The van der Waals surface area contributed by atoms with Crippen LogP contribution in [0.5, 0.6) is 0 Å². The molecule has 0 aromatic carbocycles. The summed E-state index contributed by atoms with van der Waals surface area (Å²) in [5, 5.41) is 26.9. The minimum Gasteiger partial charge on any atom is -0.390 e. The van der Waals surface area contributed by atoms with Crippen LogP contribution in [-0.4, -0.2) is 52.1 Å². The molecule has 8 heteroatoms. The van der Waals surface area contributed by atoms with Crippen LogP contribution in [-0.2, 0) is 9.47 Å². The van der Waals surface area contributed by atoms with Gasteiger partial charge in [0.25, 0.3) is 0 Å². The van der Waals surface area contributed by atoms with E-state index in [-0.39, 0.29) is 150 Å². The molecular formula is C13H26Ac3O5. The molecule has 0 spiro atoms. The Morgan fingerprint density at radius 2 is 1.24 bits per heavy atom. The van der Waals surface area contributed by atoms with Crippen molar-refractivity contribution >= 4 is 0 Å². The summed E-state index contributed by atoms with van der Waals surface area (Å²) in [6.07, 6.45) is 1.81. The fraction of sp³-hybridized carbons (Fsp3) is 1.00. The Bertz CT molecular complexity index is 204. The normalized spacial score (nSPS) is 37.4. The zero-order chi connectivity index (χ0) is 13.7. The number of aliphatic hydroxyl groups excluding tert-OH is 3. The standard InChI is InChI=1S/C7H14O2.C6H12O3.3Ac/c1-3-6-4-7(8)5(2)9-6;1-2-4-3-5(7)6(8)9-4;;;/h5-8H,3-4H2,1-2H3;4-8H,2-3H2,1H3;;;. The molecule has 6 unspecified atom stereocenters. The Balaban J connectivity index is -0.000000270. The first-order chi connectivity index (χ1) is 8.47. The minimum absolute atomic E-state index is 0. The quantitative estimate of drug-likeness (QED) is 0.383. The van der Waals surface area contributed by atoms with Crippen LogP contribution in [0.25, 0.3) is 0 Å². The van der Waals surface area contributed by atoms with E-state index in [0.717, 1.165) is 19.3 Å². The van der Waals surface area contributed by atoms with Gasteiger partial charge in [0.15, 0.2) is 6.29 Å². The zero-order valence-corrected chi connectivity index (χ0v) is 27.4. The fourth-order valence-corrected chi connectivity index (χ4v) is 2.17. The van der Waals surface area contributed by atoms with E-state index >= 15 is 0 Å². The van der Waals surface area contributed by atoms with Gasteiger partial charge in [-0.25, -0.2) is 0 Å². The van der Waals surface area contributed by atoms with E-state index in [2.05, 4.69) is 6.92 Å². The van der Waals surface area contributed by atoms with Gasteiger partial charge in [-0.1, -0.05) is 13.8 Å². The van der Waals surface area contributed by atoms with Crippen LogP contribution in [0.15, 0.2) is 0 Å². The molecule has 2 saturated heterocycles. The van der Waals surface area contributed by atoms with Gasteiger partial charge in [-0.2, -0.15) is 0 Å². The number of aliphatic hydroxyl groups is 3. The number of rotatable bonds is 2. The van der Waals surface area contributed by atoms with Gasteiger partial charge < -0.3 is 24.8 Å². The summed E-state index contributed by atoms with van der Waals surface area (Å²) < 4.78 is 10.3. The Labute approximate surface area is 235 Å². The van der Waals surface area contributed by atoms with Crippen molar-refractivity contribution in [3.8, 4) is 0 Å². The van der Waals surface area contributed by atoms with Gasteiger partial charge >= 0.3 is 0 Å². The third kappa shape index (κ3) is 11.4. The Hall–Kier alpha value is 4.12. The molecule has 117 valence electrons. The van der Waals surface area contributed by atoms with E-state index < -0.39 is 12.4 Å². The van der Waals surface area contributed by atoms with E-state index in [1.165, 1.54) is 0 Å². The van der Waals surface area contributed by atoms with Crippen molar-refractivity contribution in [2.24, 2.45) is 0 Å². The van der Waals surface area contributed by atoms with Gasteiger partial charge in [0, 0.05) is 145 Å². The molecule has 2 fully saturated rings. The van der Waals surface area contributed by atoms with E-state index in [4.69, 9.17) is 19.7 Å². The molecule has 0 aliphatic carbocycles. The third-order valence-corrected chi connectivity index (χ3v) is 3.53. The van der Waals surface area contributed by atoms with Crippen molar-refractivity contribution in [2.45, 2.75) is 83.3 Å². The van der Waals surface area contributed by atoms with Crippen LogP contribution in [0.2, 0.25) is 0 Å². The van der Waals surface area contributed by atoms with Crippen LogP contribution in [0, 0.1) is 132 Å². The van der Waals surface area contributed by atoms with Crippen molar-refractivity contribution in [3.05, 3.63) is 0 Å². The Morgan fingerprint density at radius 3 is 1.43 bits per heavy atom. The fourth-order valence-electron chi connectivity index (χ4n) is 2.17. The van der Waals surface area contributed by atoms with Gasteiger partial charge in [-0.05, 0) is 19.8 Å². The van der Waals surface area contributed by atoms with Gasteiger partial charge in [-0.15, -0.1) is 0 Å². The van der Waals surface area contributed by atoms with Crippen molar-refractivity contribution in [1.82, 2.24) is 0 Å². The smallest absolute Gasteiger partial charge is 0.181 e. The van der Waals surface area contributed by atoms with Crippen molar-refractivity contribution in [3.63, 3.8) is 0 Å². The number of hydrogen-bond acceptors (Lipinski definition) is 5. The molecule has 0 bridgehead atoms. The zero-order valence-electron chi connectivity index (χ0n) is 13.2. The first kappa shape index (κ1) is 29.9. The first-order valence-corrected chi connectivity index (χ1v) is 6.83. The molecular weight excluding hydrogens is 917 g/mol. The maximum absolute atomic E-state index is 9.17. The van der Waals surface area contributed by atoms with Crippen molar-refractivity contribution in [1.29, 1.82) is 0 Å². The van der Waals surface area contributed by atoms with E-state index in [9.17, 15) is 5.11 Å². The molecule has 3 N–H and O–H groups in total. The van der Waals surface area contributed by atoms with Gasteiger partial charge in [0.05, 0.1) is 24.4 Å². The number of ether oxygens (including phenoxy) is 2. The molecule has 2 rings (SSSR count). The van der Waals surface area contributed by atoms with E-state index in [1.54, 1.807) is 0 Å². The van der Waals surface area contributed by atoms with Crippen LogP contribution in [0.3, 0.4) is 0 Å². The Kier molecular flexibility index (Phi) is 23.2. The predicted octanol–water partition coefficient (Wildman–Crippen LogP) is 0.799. The molecule has 21 heavy (non-hydrogen) atoms. The van der Waals surface area contributed by atoms with Gasteiger partial charge in [-0.3, -0.25) is 0 Å². The maximum atomic E-state index is 9.17. The maximum Gasteiger partial charge on any atom is 0.181 e. The summed E-state index contributed by atoms with van der Waals surface area (Å²) in [7, 11) is 0. The largest absolute Gasteiger partial charge is 0.390 e. The van der Waals surface area contributed by atoms with Gasteiger partial charge in [0.1, 0.15) is 6.10 Å². The molecule has 6 atom stereocenters. The molecule has 2 heterocycles. The van der Waals surface area contributed by atoms with Crippen LogP contribution < -0.4 is 0 Å². The van der Waals surface area contributed by atoms with E-state index in [1.807, 2.05) is 13.8 Å². The van der Waals surface area contributed by atoms with Crippen LogP contribution in [0.1, 0.15) is 46.5 Å². The second-order valence-corrected chi connectivity index (χ2v) is 5.03. The molecule has 2 aliphatic rings. The average molecular weight is 943 g/mol. The van der Waals surface area contributed by atoms with E-state index in [0.29, 0.717) is 12.5 Å². The molecule has 0 aromatic heterocycles. The van der Waals surface area contributed by atoms with Crippen LogP contribution in [0.4, 0.5) is 0 Å². The second-order valence-electron chi connectivity index (χ2n) is 5.03. The van der Waals surface area contributed by atoms with Gasteiger partial charge in [0.2, 0.25) is 0 Å². The molecule has 0 saturated carbocycles. The SMILES string of the molecule is CCC1CC(O)C(C)O1.CCC1CC(O)C(O)O1.[Ac].[Ac].[Ac]. The summed E-state index contributed by atoms with van der Waals surface area (Å²) >= 11 is 0. The average Bonchev–Trinajstić information content (AvgIpc) is 2.84. The monoisotopic (exact) mass is 943 g/mol. The molecule has 5 nitrogen and oxygen atoms in total. The minimum atomic E-state index is -0.949. The molecule has 3 radical (unpaired) electrons.